The maximum absolute atomic E-state index is 12.3. The van der Waals surface area contributed by atoms with Gasteiger partial charge in [0.2, 0.25) is 0 Å². The third-order valence-corrected chi connectivity index (χ3v) is 3.19. The number of aryl methyl sites for hydroxylation is 2. The molecule has 5 nitrogen and oxygen atoms in total. The van der Waals surface area contributed by atoms with Crippen LogP contribution in [0.1, 0.15) is 35.1 Å². The highest BCUT2D eigenvalue weighted by atomic mass is 16.5. The molecule has 0 aliphatic rings. The van der Waals surface area contributed by atoms with Crippen LogP contribution < -0.4 is 5.32 Å². The summed E-state index contributed by atoms with van der Waals surface area (Å²) < 4.78 is 7.10. The normalized spacial score (nSPS) is 10.9. The van der Waals surface area contributed by atoms with E-state index in [1.165, 1.54) is 0 Å². The van der Waals surface area contributed by atoms with Crippen molar-refractivity contribution < 1.29 is 9.53 Å². The Labute approximate surface area is 119 Å². The van der Waals surface area contributed by atoms with Crippen LogP contribution in [0.5, 0.6) is 0 Å². The molecule has 0 unspecified atom stereocenters. The number of hydrogen-bond acceptors (Lipinski definition) is 3. The maximum atomic E-state index is 12.3. The van der Waals surface area contributed by atoms with E-state index in [0.29, 0.717) is 25.5 Å². The van der Waals surface area contributed by atoms with Crippen LogP contribution in [0.15, 0.2) is 18.3 Å². The van der Waals surface area contributed by atoms with Gasteiger partial charge in [0.1, 0.15) is 11.3 Å². The fourth-order valence-corrected chi connectivity index (χ4v) is 2.20. The van der Waals surface area contributed by atoms with Crippen LogP contribution in [0.3, 0.4) is 0 Å². The summed E-state index contributed by atoms with van der Waals surface area (Å²) in [6.45, 7) is 7.80. The molecule has 0 bridgehead atoms. The average Bonchev–Trinajstić information content (AvgIpc) is 2.76. The number of nitrogens with zero attached hydrogens (tertiary/aromatic N) is 2. The molecule has 0 aliphatic heterocycles. The minimum absolute atomic E-state index is 0.0860. The van der Waals surface area contributed by atoms with Gasteiger partial charge in [-0.05, 0) is 38.8 Å². The smallest absolute Gasteiger partial charge is 0.270 e. The minimum atomic E-state index is -0.0860. The van der Waals surface area contributed by atoms with Crippen molar-refractivity contribution in [3.8, 4) is 0 Å². The molecular weight excluding hydrogens is 254 g/mol. The molecule has 0 aromatic carbocycles. The van der Waals surface area contributed by atoms with E-state index in [4.69, 9.17) is 4.74 Å². The first-order chi connectivity index (χ1) is 9.65. The van der Waals surface area contributed by atoms with E-state index < -0.39 is 0 Å². The van der Waals surface area contributed by atoms with Crippen molar-refractivity contribution >= 4 is 11.6 Å². The van der Waals surface area contributed by atoms with Gasteiger partial charge < -0.3 is 10.1 Å². The van der Waals surface area contributed by atoms with Crippen LogP contribution in [-0.2, 0) is 4.74 Å². The van der Waals surface area contributed by atoms with Crippen molar-refractivity contribution in [3.63, 3.8) is 0 Å². The predicted molar refractivity (Wildman–Crippen MR) is 78.1 cm³/mol. The van der Waals surface area contributed by atoms with E-state index >= 15 is 0 Å². The molecule has 108 valence electrons. The molecule has 0 atom stereocenters. The van der Waals surface area contributed by atoms with Gasteiger partial charge in [0.05, 0.1) is 5.69 Å². The van der Waals surface area contributed by atoms with Gasteiger partial charge in [0.15, 0.2) is 0 Å². The zero-order valence-electron chi connectivity index (χ0n) is 12.3. The number of pyridine rings is 1. The first-order valence-electron chi connectivity index (χ1n) is 6.95. The first-order valence-corrected chi connectivity index (χ1v) is 6.95. The molecule has 2 rings (SSSR count). The van der Waals surface area contributed by atoms with Crippen LogP contribution in [0, 0.1) is 13.8 Å². The molecule has 0 aliphatic carbocycles. The quantitative estimate of drug-likeness (QED) is 0.821. The second kappa shape index (κ2) is 6.52. The van der Waals surface area contributed by atoms with Crippen molar-refractivity contribution in [1.29, 1.82) is 0 Å². The van der Waals surface area contributed by atoms with Crippen LogP contribution in [-0.4, -0.2) is 35.1 Å². The lowest BCUT2D eigenvalue weighted by Crippen LogP contribution is -2.27. The number of carbonyl (C=O) groups excluding carboxylic acids is 1. The van der Waals surface area contributed by atoms with Gasteiger partial charge in [-0.2, -0.15) is 0 Å². The monoisotopic (exact) mass is 275 g/mol. The van der Waals surface area contributed by atoms with E-state index in [2.05, 4.69) is 10.3 Å². The maximum Gasteiger partial charge on any atom is 0.270 e. The average molecular weight is 275 g/mol. The summed E-state index contributed by atoms with van der Waals surface area (Å²) in [4.78, 5) is 16.7. The number of amides is 1. The number of ether oxygens (including phenoxy) is 1. The second-order valence-corrected chi connectivity index (χ2v) is 4.74. The van der Waals surface area contributed by atoms with Crippen LogP contribution in [0.25, 0.3) is 5.65 Å². The molecule has 2 aromatic heterocycles. The Kier molecular flexibility index (Phi) is 4.74. The number of fused-ring (bicyclic) bond motifs is 1. The van der Waals surface area contributed by atoms with E-state index in [1.54, 1.807) is 0 Å². The molecule has 2 heterocycles. The van der Waals surface area contributed by atoms with Gasteiger partial charge in [0.25, 0.3) is 5.91 Å². The van der Waals surface area contributed by atoms with Crippen molar-refractivity contribution in [2.45, 2.75) is 27.2 Å². The molecule has 1 N–H and O–H groups in total. The number of nitrogens with one attached hydrogen (secondary N) is 1. The van der Waals surface area contributed by atoms with Crippen LogP contribution >= 0.6 is 0 Å². The Bertz CT molecular complexity index is 604. The van der Waals surface area contributed by atoms with Crippen molar-refractivity contribution in [2.75, 3.05) is 19.8 Å². The van der Waals surface area contributed by atoms with Crippen molar-refractivity contribution in [3.05, 3.63) is 35.3 Å². The number of carbonyl (C=O) groups is 1. The number of rotatable bonds is 6. The Morgan fingerprint density at radius 3 is 3.00 bits per heavy atom. The summed E-state index contributed by atoms with van der Waals surface area (Å²) in [5.74, 6) is -0.0860. The topological polar surface area (TPSA) is 55.6 Å². The molecule has 5 heteroatoms. The summed E-state index contributed by atoms with van der Waals surface area (Å²) in [6, 6.07) is 3.92. The standard InChI is InChI=1S/C15H21N3O2/c1-4-20-10-6-8-16-15(19)13-12(3)17-14-11(2)7-5-9-18(13)14/h5,7,9H,4,6,8,10H2,1-3H3,(H,16,19). The highest BCUT2D eigenvalue weighted by Gasteiger charge is 2.16. The molecule has 0 saturated carbocycles. The molecule has 0 radical (unpaired) electrons. The minimum Gasteiger partial charge on any atom is -0.382 e. The summed E-state index contributed by atoms with van der Waals surface area (Å²) in [5, 5.41) is 2.92. The Morgan fingerprint density at radius 1 is 1.45 bits per heavy atom. The Morgan fingerprint density at radius 2 is 2.25 bits per heavy atom. The predicted octanol–water partition coefficient (Wildman–Crippen LogP) is 2.11. The number of imidazole rings is 1. The van der Waals surface area contributed by atoms with Gasteiger partial charge in [-0.3, -0.25) is 9.20 Å². The molecule has 1 amide bonds. The van der Waals surface area contributed by atoms with Gasteiger partial charge in [-0.15, -0.1) is 0 Å². The highest BCUT2D eigenvalue weighted by molar-refractivity contribution is 5.94. The van der Waals surface area contributed by atoms with E-state index in [9.17, 15) is 4.79 Å². The zero-order chi connectivity index (χ0) is 14.5. The fraction of sp³-hybridized carbons (Fsp3) is 0.467. The lowest BCUT2D eigenvalue weighted by Gasteiger charge is -2.06. The molecule has 20 heavy (non-hydrogen) atoms. The largest absolute Gasteiger partial charge is 0.382 e. The molecule has 0 spiro atoms. The zero-order valence-corrected chi connectivity index (χ0v) is 12.3. The summed E-state index contributed by atoms with van der Waals surface area (Å²) >= 11 is 0. The Hall–Kier alpha value is -1.88. The molecule has 0 fully saturated rings. The second-order valence-electron chi connectivity index (χ2n) is 4.74. The van der Waals surface area contributed by atoms with Gasteiger partial charge in [-0.1, -0.05) is 6.07 Å². The van der Waals surface area contributed by atoms with E-state index in [0.717, 1.165) is 23.3 Å². The van der Waals surface area contributed by atoms with Crippen LogP contribution in [0.4, 0.5) is 0 Å². The third kappa shape index (κ3) is 2.99. The van der Waals surface area contributed by atoms with Crippen LogP contribution in [0.2, 0.25) is 0 Å². The lowest BCUT2D eigenvalue weighted by atomic mass is 10.3. The molecular formula is C15H21N3O2. The summed E-state index contributed by atoms with van der Waals surface area (Å²) in [7, 11) is 0. The Balaban J connectivity index is 2.10. The number of aromatic nitrogens is 2. The van der Waals surface area contributed by atoms with Gasteiger partial charge >= 0.3 is 0 Å². The third-order valence-electron chi connectivity index (χ3n) is 3.19. The van der Waals surface area contributed by atoms with Gasteiger partial charge in [0, 0.05) is 26.0 Å². The highest BCUT2D eigenvalue weighted by Crippen LogP contribution is 2.15. The summed E-state index contributed by atoms with van der Waals surface area (Å²) in [6.07, 6.45) is 2.69. The first kappa shape index (κ1) is 14.5. The number of hydrogen-bond donors (Lipinski definition) is 1. The molecule has 0 saturated heterocycles. The fourth-order valence-electron chi connectivity index (χ4n) is 2.20. The summed E-state index contributed by atoms with van der Waals surface area (Å²) in [5.41, 5.74) is 3.26. The lowest BCUT2D eigenvalue weighted by molar-refractivity contribution is 0.0938. The van der Waals surface area contributed by atoms with Crippen molar-refractivity contribution in [2.24, 2.45) is 0 Å². The molecule has 2 aromatic rings. The SMILES string of the molecule is CCOCCCNC(=O)c1c(C)nc2c(C)cccn12. The van der Waals surface area contributed by atoms with E-state index in [-0.39, 0.29) is 5.91 Å². The van der Waals surface area contributed by atoms with Crippen molar-refractivity contribution in [1.82, 2.24) is 14.7 Å². The van der Waals surface area contributed by atoms with Gasteiger partial charge in [-0.25, -0.2) is 4.98 Å². The van der Waals surface area contributed by atoms with E-state index in [1.807, 2.05) is 43.5 Å².